The fourth-order valence-corrected chi connectivity index (χ4v) is 4.22. The lowest BCUT2D eigenvalue weighted by Crippen LogP contribution is -2.48. The Labute approximate surface area is 188 Å². The van der Waals surface area contributed by atoms with Crippen LogP contribution >= 0.6 is 0 Å². The first kappa shape index (κ1) is 22.3. The lowest BCUT2D eigenvalue weighted by Gasteiger charge is -2.33. The second kappa shape index (κ2) is 10.6. The van der Waals surface area contributed by atoms with Crippen molar-refractivity contribution in [2.75, 3.05) is 51.5 Å². The SMILES string of the molecule is COC(=O)c1ccc(CN(C(=O)N2CCOCC2)c2cccc(C3CCOCC3)c2)cc1. The summed E-state index contributed by atoms with van der Waals surface area (Å²) in [4.78, 5) is 28.9. The highest BCUT2D eigenvalue weighted by Gasteiger charge is 2.25. The van der Waals surface area contributed by atoms with E-state index in [-0.39, 0.29) is 12.0 Å². The summed E-state index contributed by atoms with van der Waals surface area (Å²) >= 11 is 0. The van der Waals surface area contributed by atoms with Gasteiger partial charge in [0.15, 0.2) is 0 Å². The van der Waals surface area contributed by atoms with Crippen LogP contribution in [0.15, 0.2) is 48.5 Å². The van der Waals surface area contributed by atoms with E-state index in [4.69, 9.17) is 14.2 Å². The summed E-state index contributed by atoms with van der Waals surface area (Å²) in [5.41, 5.74) is 3.55. The third kappa shape index (κ3) is 5.29. The van der Waals surface area contributed by atoms with Crippen LogP contribution in [0, 0.1) is 0 Å². The number of nitrogens with zero attached hydrogens (tertiary/aromatic N) is 2. The first-order valence-corrected chi connectivity index (χ1v) is 11.1. The number of morpholine rings is 1. The zero-order valence-electron chi connectivity index (χ0n) is 18.5. The van der Waals surface area contributed by atoms with Gasteiger partial charge >= 0.3 is 12.0 Å². The first-order chi connectivity index (χ1) is 15.7. The summed E-state index contributed by atoms with van der Waals surface area (Å²) in [5.74, 6) is 0.0744. The Morgan fingerprint density at radius 1 is 1.00 bits per heavy atom. The minimum Gasteiger partial charge on any atom is -0.465 e. The molecule has 2 aliphatic heterocycles. The van der Waals surface area contributed by atoms with Gasteiger partial charge in [-0.3, -0.25) is 4.90 Å². The van der Waals surface area contributed by atoms with Gasteiger partial charge in [0.2, 0.25) is 0 Å². The van der Waals surface area contributed by atoms with E-state index in [9.17, 15) is 9.59 Å². The van der Waals surface area contributed by atoms with Crippen LogP contribution in [0.3, 0.4) is 0 Å². The molecule has 2 saturated heterocycles. The zero-order chi connectivity index (χ0) is 22.3. The molecule has 4 rings (SSSR count). The number of urea groups is 1. The van der Waals surface area contributed by atoms with Gasteiger partial charge in [0.05, 0.1) is 32.4 Å². The van der Waals surface area contributed by atoms with Crippen molar-refractivity contribution < 1.29 is 23.8 Å². The van der Waals surface area contributed by atoms with Crippen molar-refractivity contribution in [1.82, 2.24) is 4.90 Å². The number of hydrogen-bond donors (Lipinski definition) is 0. The number of anilines is 1. The molecule has 0 spiro atoms. The van der Waals surface area contributed by atoms with Crippen molar-refractivity contribution in [2.24, 2.45) is 0 Å². The van der Waals surface area contributed by atoms with Gasteiger partial charge < -0.3 is 19.1 Å². The number of amides is 2. The molecule has 0 N–H and O–H groups in total. The molecule has 7 nitrogen and oxygen atoms in total. The van der Waals surface area contributed by atoms with Crippen molar-refractivity contribution in [3.63, 3.8) is 0 Å². The van der Waals surface area contributed by atoms with Crippen molar-refractivity contribution >= 4 is 17.7 Å². The maximum atomic E-state index is 13.5. The van der Waals surface area contributed by atoms with Gasteiger partial charge in [-0.1, -0.05) is 24.3 Å². The summed E-state index contributed by atoms with van der Waals surface area (Å²) in [6, 6.07) is 15.5. The van der Waals surface area contributed by atoms with Crippen LogP contribution in [0.1, 0.15) is 40.2 Å². The Morgan fingerprint density at radius 2 is 1.69 bits per heavy atom. The van der Waals surface area contributed by atoms with Crippen LogP contribution < -0.4 is 4.90 Å². The van der Waals surface area contributed by atoms with Gasteiger partial charge in [-0.2, -0.15) is 0 Å². The van der Waals surface area contributed by atoms with E-state index in [0.717, 1.165) is 37.3 Å². The second-order valence-electron chi connectivity index (χ2n) is 8.14. The Hall–Kier alpha value is -2.90. The first-order valence-electron chi connectivity index (χ1n) is 11.1. The van der Waals surface area contributed by atoms with Crippen LogP contribution in [0.4, 0.5) is 10.5 Å². The number of benzene rings is 2. The molecular weight excluding hydrogens is 408 g/mol. The Morgan fingerprint density at radius 3 is 2.38 bits per heavy atom. The maximum Gasteiger partial charge on any atom is 0.337 e. The molecule has 2 aromatic carbocycles. The molecule has 0 aromatic heterocycles. The average Bonchev–Trinajstić information content (AvgIpc) is 2.88. The lowest BCUT2D eigenvalue weighted by molar-refractivity contribution is 0.0548. The number of carbonyl (C=O) groups is 2. The van der Waals surface area contributed by atoms with Crippen LogP contribution in [0.2, 0.25) is 0 Å². The monoisotopic (exact) mass is 438 g/mol. The average molecular weight is 439 g/mol. The topological polar surface area (TPSA) is 68.3 Å². The third-order valence-corrected chi connectivity index (χ3v) is 6.10. The van der Waals surface area contributed by atoms with E-state index in [2.05, 4.69) is 12.1 Å². The molecule has 2 amide bonds. The largest absolute Gasteiger partial charge is 0.465 e. The number of ether oxygens (including phenoxy) is 3. The summed E-state index contributed by atoms with van der Waals surface area (Å²) in [7, 11) is 1.37. The van der Waals surface area contributed by atoms with Crippen LogP contribution in [0.25, 0.3) is 0 Å². The molecular formula is C25H30N2O5. The van der Waals surface area contributed by atoms with E-state index in [0.29, 0.717) is 44.3 Å². The maximum absolute atomic E-state index is 13.5. The minimum absolute atomic E-state index is 0.0329. The number of rotatable bonds is 5. The standard InChI is InChI=1S/C25H30N2O5/c1-30-24(28)21-7-5-19(6-8-21)18-27(25(29)26-11-15-32-16-12-26)23-4-2-3-22(17-23)20-9-13-31-14-10-20/h2-8,17,20H,9-16,18H2,1H3. The Balaban J connectivity index is 1.60. The van der Waals surface area contributed by atoms with Crippen molar-refractivity contribution in [3.05, 3.63) is 65.2 Å². The summed E-state index contributed by atoms with van der Waals surface area (Å²) in [6.45, 7) is 4.22. The molecule has 0 atom stereocenters. The molecule has 0 unspecified atom stereocenters. The van der Waals surface area contributed by atoms with E-state index in [1.165, 1.54) is 12.7 Å². The lowest BCUT2D eigenvalue weighted by atomic mass is 9.91. The number of hydrogen-bond acceptors (Lipinski definition) is 5. The summed E-state index contributed by atoms with van der Waals surface area (Å²) in [5, 5.41) is 0. The van der Waals surface area contributed by atoms with E-state index in [1.807, 2.05) is 34.1 Å². The third-order valence-electron chi connectivity index (χ3n) is 6.10. The minimum atomic E-state index is -0.373. The van der Waals surface area contributed by atoms with Gasteiger partial charge in [-0.25, -0.2) is 9.59 Å². The zero-order valence-corrected chi connectivity index (χ0v) is 18.5. The number of esters is 1. The molecule has 2 aromatic rings. The fraction of sp³-hybridized carbons (Fsp3) is 0.440. The second-order valence-corrected chi connectivity index (χ2v) is 8.14. The fourth-order valence-electron chi connectivity index (χ4n) is 4.22. The smallest absolute Gasteiger partial charge is 0.337 e. The molecule has 2 fully saturated rings. The quantitative estimate of drug-likeness (QED) is 0.664. The molecule has 0 saturated carbocycles. The summed E-state index contributed by atoms with van der Waals surface area (Å²) in [6.07, 6.45) is 1.99. The van der Waals surface area contributed by atoms with Gasteiger partial charge in [-0.05, 0) is 54.2 Å². The molecule has 32 heavy (non-hydrogen) atoms. The Kier molecular flexibility index (Phi) is 7.39. The van der Waals surface area contributed by atoms with Gasteiger partial charge in [0, 0.05) is 32.0 Å². The molecule has 0 radical (unpaired) electrons. The van der Waals surface area contributed by atoms with Crippen LogP contribution in [-0.4, -0.2) is 63.5 Å². The highest BCUT2D eigenvalue weighted by molar-refractivity contribution is 5.92. The summed E-state index contributed by atoms with van der Waals surface area (Å²) < 4.78 is 15.7. The highest BCUT2D eigenvalue weighted by atomic mass is 16.5. The number of methoxy groups -OCH3 is 1. The van der Waals surface area contributed by atoms with Crippen molar-refractivity contribution in [1.29, 1.82) is 0 Å². The van der Waals surface area contributed by atoms with E-state index in [1.54, 1.807) is 12.1 Å². The van der Waals surface area contributed by atoms with Gasteiger partial charge in [0.1, 0.15) is 0 Å². The van der Waals surface area contributed by atoms with E-state index < -0.39 is 0 Å². The molecule has 0 aliphatic carbocycles. The van der Waals surface area contributed by atoms with E-state index >= 15 is 0 Å². The van der Waals surface area contributed by atoms with Crippen molar-refractivity contribution in [2.45, 2.75) is 25.3 Å². The van der Waals surface area contributed by atoms with Crippen LogP contribution in [-0.2, 0) is 20.8 Å². The predicted octanol–water partition coefficient (Wildman–Crippen LogP) is 3.83. The predicted molar refractivity (Wildman–Crippen MR) is 121 cm³/mol. The molecule has 2 aliphatic rings. The normalized spacial score (nSPS) is 17.1. The Bertz CT molecular complexity index is 918. The highest BCUT2D eigenvalue weighted by Crippen LogP contribution is 2.30. The van der Waals surface area contributed by atoms with Gasteiger partial charge in [0.25, 0.3) is 0 Å². The molecule has 0 bridgehead atoms. The molecule has 2 heterocycles. The van der Waals surface area contributed by atoms with Gasteiger partial charge in [-0.15, -0.1) is 0 Å². The van der Waals surface area contributed by atoms with Crippen molar-refractivity contribution in [3.8, 4) is 0 Å². The number of carbonyl (C=O) groups excluding carboxylic acids is 2. The molecule has 7 heteroatoms. The molecule has 170 valence electrons. The van der Waals surface area contributed by atoms with Crippen LogP contribution in [0.5, 0.6) is 0 Å².